The van der Waals surface area contributed by atoms with Crippen LogP contribution in [0.5, 0.6) is 5.75 Å². The fourth-order valence-electron chi connectivity index (χ4n) is 3.49. The predicted molar refractivity (Wildman–Crippen MR) is 104 cm³/mol. The Hall–Kier alpha value is -2.74. The molecule has 4 rings (SSSR count). The maximum atomic E-state index is 5.97. The van der Waals surface area contributed by atoms with Gasteiger partial charge in [0.25, 0.3) is 0 Å². The maximum absolute atomic E-state index is 5.97. The average Bonchev–Trinajstić information content (AvgIpc) is 2.69. The molecule has 0 bridgehead atoms. The van der Waals surface area contributed by atoms with Gasteiger partial charge in [-0.3, -0.25) is 0 Å². The largest absolute Gasteiger partial charge is 0.492 e. The summed E-state index contributed by atoms with van der Waals surface area (Å²) in [5, 5.41) is 0. The highest BCUT2D eigenvalue weighted by Crippen LogP contribution is 2.26. The number of hydrogen-bond donors (Lipinski definition) is 0. The van der Waals surface area contributed by atoms with E-state index in [4.69, 9.17) is 4.74 Å². The highest BCUT2D eigenvalue weighted by atomic mass is 16.5. The summed E-state index contributed by atoms with van der Waals surface area (Å²) in [5.41, 5.74) is 5.29. The summed E-state index contributed by atoms with van der Waals surface area (Å²) in [6.45, 7) is 2.75. The Kier molecular flexibility index (Phi) is 4.69. The molecule has 0 amide bonds. The average molecular weight is 329 g/mol. The van der Waals surface area contributed by atoms with Crippen LogP contribution in [0.2, 0.25) is 0 Å². The van der Waals surface area contributed by atoms with Crippen molar-refractivity contribution in [3.8, 4) is 16.9 Å². The molecule has 0 atom stereocenters. The number of aryl methyl sites for hydroxylation is 1. The van der Waals surface area contributed by atoms with Crippen molar-refractivity contribution < 1.29 is 4.74 Å². The van der Waals surface area contributed by atoms with Gasteiger partial charge < -0.3 is 9.64 Å². The minimum Gasteiger partial charge on any atom is -0.492 e. The number of fused-ring (bicyclic) bond motifs is 1. The number of hydrogen-bond acceptors (Lipinski definition) is 2. The van der Waals surface area contributed by atoms with Gasteiger partial charge >= 0.3 is 0 Å². The van der Waals surface area contributed by atoms with E-state index < -0.39 is 0 Å². The van der Waals surface area contributed by atoms with Crippen LogP contribution in [0.4, 0.5) is 5.69 Å². The van der Waals surface area contributed by atoms with E-state index in [1.165, 1.54) is 35.2 Å². The lowest BCUT2D eigenvalue weighted by Crippen LogP contribution is -2.33. The second-order valence-corrected chi connectivity index (χ2v) is 6.46. The molecular weight excluding hydrogens is 306 g/mol. The lowest BCUT2D eigenvalue weighted by molar-refractivity contribution is 0.322. The van der Waals surface area contributed by atoms with E-state index in [0.717, 1.165) is 18.8 Å². The molecule has 2 nitrogen and oxygen atoms in total. The van der Waals surface area contributed by atoms with Gasteiger partial charge in [-0.2, -0.15) is 0 Å². The van der Waals surface area contributed by atoms with Crippen LogP contribution in [0.1, 0.15) is 12.0 Å². The van der Waals surface area contributed by atoms with Crippen LogP contribution in [0, 0.1) is 0 Å². The zero-order valence-electron chi connectivity index (χ0n) is 14.4. The Morgan fingerprint density at radius 2 is 1.48 bits per heavy atom. The highest BCUT2D eigenvalue weighted by Gasteiger charge is 2.15. The Balaban J connectivity index is 1.35. The van der Waals surface area contributed by atoms with Crippen molar-refractivity contribution in [2.24, 2.45) is 0 Å². The molecule has 1 aliphatic rings. The summed E-state index contributed by atoms with van der Waals surface area (Å²) < 4.78 is 5.97. The number of rotatable bonds is 5. The van der Waals surface area contributed by atoms with Crippen molar-refractivity contribution in [3.05, 3.63) is 84.4 Å². The molecule has 0 saturated carbocycles. The SMILES string of the molecule is c1ccc(-c2ccc(OCCN3CCCc4ccccc43)cc2)cc1. The third kappa shape index (κ3) is 3.69. The number of nitrogens with zero attached hydrogens (tertiary/aromatic N) is 1. The summed E-state index contributed by atoms with van der Waals surface area (Å²) in [5.74, 6) is 0.935. The standard InChI is InChI=1S/C23H23NO/c1-2-7-19(8-3-1)20-12-14-22(15-13-20)25-18-17-24-16-6-10-21-9-4-5-11-23(21)24/h1-5,7-9,11-15H,6,10,16-18H2. The molecule has 126 valence electrons. The molecule has 1 heterocycles. The number of benzene rings is 3. The molecule has 0 spiro atoms. The quantitative estimate of drug-likeness (QED) is 0.639. The van der Waals surface area contributed by atoms with Gasteiger partial charge in [0, 0.05) is 12.2 Å². The van der Waals surface area contributed by atoms with Crippen LogP contribution in [0.25, 0.3) is 11.1 Å². The third-order valence-electron chi connectivity index (χ3n) is 4.80. The second kappa shape index (κ2) is 7.43. The summed E-state index contributed by atoms with van der Waals surface area (Å²) in [4.78, 5) is 2.44. The second-order valence-electron chi connectivity index (χ2n) is 6.46. The predicted octanol–water partition coefficient (Wildman–Crippen LogP) is 5.19. The molecule has 0 fully saturated rings. The first-order valence-electron chi connectivity index (χ1n) is 9.01. The third-order valence-corrected chi connectivity index (χ3v) is 4.80. The molecule has 3 aromatic carbocycles. The molecule has 0 aliphatic carbocycles. The number of anilines is 1. The van der Waals surface area contributed by atoms with E-state index in [2.05, 4.69) is 77.7 Å². The first kappa shape index (κ1) is 15.8. The monoisotopic (exact) mass is 329 g/mol. The summed E-state index contributed by atoms with van der Waals surface area (Å²) in [6, 6.07) is 27.5. The normalized spacial score (nSPS) is 13.4. The Bertz CT molecular complexity index is 811. The van der Waals surface area contributed by atoms with Crippen molar-refractivity contribution in [3.63, 3.8) is 0 Å². The smallest absolute Gasteiger partial charge is 0.119 e. The van der Waals surface area contributed by atoms with Gasteiger partial charge in [0.1, 0.15) is 12.4 Å². The number of ether oxygens (including phenoxy) is 1. The molecule has 2 heteroatoms. The van der Waals surface area contributed by atoms with E-state index in [1.54, 1.807) is 0 Å². The molecule has 3 aromatic rings. The first-order chi connectivity index (χ1) is 12.4. The van der Waals surface area contributed by atoms with Crippen LogP contribution >= 0.6 is 0 Å². The fraction of sp³-hybridized carbons (Fsp3) is 0.217. The van der Waals surface area contributed by atoms with Gasteiger partial charge in [-0.25, -0.2) is 0 Å². The van der Waals surface area contributed by atoms with E-state index >= 15 is 0 Å². The molecule has 0 aromatic heterocycles. The van der Waals surface area contributed by atoms with Crippen molar-refractivity contribution in [2.75, 3.05) is 24.6 Å². The van der Waals surface area contributed by atoms with Gasteiger partial charge in [-0.05, 0) is 47.7 Å². The number of para-hydroxylation sites is 1. The molecule has 0 radical (unpaired) electrons. The maximum Gasteiger partial charge on any atom is 0.119 e. The zero-order valence-corrected chi connectivity index (χ0v) is 14.4. The van der Waals surface area contributed by atoms with Crippen LogP contribution in [-0.2, 0) is 6.42 Å². The molecule has 25 heavy (non-hydrogen) atoms. The van der Waals surface area contributed by atoms with E-state index in [1.807, 2.05) is 6.07 Å². The fourth-order valence-corrected chi connectivity index (χ4v) is 3.49. The minimum absolute atomic E-state index is 0.707. The van der Waals surface area contributed by atoms with E-state index in [-0.39, 0.29) is 0 Å². The molecule has 0 unspecified atom stereocenters. The van der Waals surface area contributed by atoms with Crippen LogP contribution < -0.4 is 9.64 Å². The molecule has 0 N–H and O–H groups in total. The van der Waals surface area contributed by atoms with Gasteiger partial charge in [-0.1, -0.05) is 60.7 Å². The molecular formula is C23H23NO. The van der Waals surface area contributed by atoms with Crippen molar-refractivity contribution in [2.45, 2.75) is 12.8 Å². The lowest BCUT2D eigenvalue weighted by Gasteiger charge is -2.31. The molecule has 1 aliphatic heterocycles. The molecule has 0 saturated heterocycles. The Labute approximate surface area is 149 Å². The minimum atomic E-state index is 0.707. The highest BCUT2D eigenvalue weighted by molar-refractivity contribution is 5.63. The summed E-state index contributed by atoms with van der Waals surface area (Å²) in [7, 11) is 0. The first-order valence-corrected chi connectivity index (χ1v) is 9.01. The van der Waals surface area contributed by atoms with E-state index in [9.17, 15) is 0 Å². The van der Waals surface area contributed by atoms with Crippen LogP contribution in [0.15, 0.2) is 78.9 Å². The lowest BCUT2D eigenvalue weighted by atomic mass is 10.0. The van der Waals surface area contributed by atoms with Gasteiger partial charge in [0.15, 0.2) is 0 Å². The van der Waals surface area contributed by atoms with Crippen LogP contribution in [0.3, 0.4) is 0 Å². The van der Waals surface area contributed by atoms with Crippen molar-refractivity contribution >= 4 is 5.69 Å². The Morgan fingerprint density at radius 1 is 0.760 bits per heavy atom. The topological polar surface area (TPSA) is 12.5 Å². The Morgan fingerprint density at radius 3 is 2.32 bits per heavy atom. The van der Waals surface area contributed by atoms with Crippen molar-refractivity contribution in [1.29, 1.82) is 0 Å². The summed E-state index contributed by atoms with van der Waals surface area (Å²) in [6.07, 6.45) is 2.41. The van der Waals surface area contributed by atoms with Gasteiger partial charge in [-0.15, -0.1) is 0 Å². The van der Waals surface area contributed by atoms with Crippen LogP contribution in [-0.4, -0.2) is 19.7 Å². The summed E-state index contributed by atoms with van der Waals surface area (Å²) >= 11 is 0. The van der Waals surface area contributed by atoms with E-state index in [0.29, 0.717) is 6.61 Å². The van der Waals surface area contributed by atoms with Crippen molar-refractivity contribution in [1.82, 2.24) is 0 Å². The van der Waals surface area contributed by atoms with Gasteiger partial charge in [0.05, 0.1) is 6.54 Å². The zero-order chi connectivity index (χ0) is 16.9. The van der Waals surface area contributed by atoms with Gasteiger partial charge in [0.2, 0.25) is 0 Å².